The number of hydrogen-bond acceptors (Lipinski definition) is 0. The van der Waals surface area contributed by atoms with Crippen molar-refractivity contribution in [3.63, 3.8) is 0 Å². The normalized spacial score (nSPS) is 16.3. The molecule has 0 aliphatic rings. The third-order valence-electron chi connectivity index (χ3n) is 1.35. The van der Waals surface area contributed by atoms with Crippen LogP contribution < -0.4 is 0 Å². The predicted molar refractivity (Wildman–Crippen MR) is 127 cm³/mol. The van der Waals surface area contributed by atoms with Crippen molar-refractivity contribution in [1.82, 2.24) is 0 Å². The van der Waals surface area contributed by atoms with Gasteiger partial charge in [0.2, 0.25) is 0 Å². The van der Waals surface area contributed by atoms with Gasteiger partial charge in [0.25, 0.3) is 0 Å². The van der Waals surface area contributed by atoms with Gasteiger partial charge in [-0.1, -0.05) is 0 Å². The van der Waals surface area contributed by atoms with Crippen molar-refractivity contribution in [3.05, 3.63) is 0 Å². The van der Waals surface area contributed by atoms with E-state index in [2.05, 4.69) is 34.1 Å². The van der Waals surface area contributed by atoms with Crippen LogP contribution in [0, 0.1) is 0 Å². The summed E-state index contributed by atoms with van der Waals surface area (Å²) < 4.78 is 4.27. The molecule has 0 N–H and O–H groups in total. The Hall–Kier alpha value is 4.25. The van der Waals surface area contributed by atoms with E-state index >= 15 is 0 Å². The van der Waals surface area contributed by atoms with Gasteiger partial charge in [-0.2, -0.15) is 0 Å². The average Bonchev–Trinajstić information content (AvgIpc) is 2.12. The molecule has 0 amide bonds. The fourth-order valence-electron chi connectivity index (χ4n) is 0.406. The zero-order chi connectivity index (χ0) is 10.6. The molecule has 0 aromatic carbocycles. The molecular formula is C7H20I6. The second-order valence-electron chi connectivity index (χ2n) is 2.12. The molecule has 0 aliphatic heterocycles. The second-order valence-corrected chi connectivity index (χ2v) is 137. The molecule has 0 heterocycles. The topological polar surface area (TPSA) is 0 Å². The Balaban J connectivity index is 4.23. The minimum atomic E-state index is -0.309. The van der Waals surface area contributed by atoms with Gasteiger partial charge in [0.05, 0.1) is 0 Å². The summed E-state index contributed by atoms with van der Waals surface area (Å²) in [6.45, 7) is 0. The van der Waals surface area contributed by atoms with Gasteiger partial charge in [0.1, 0.15) is 0 Å². The van der Waals surface area contributed by atoms with Crippen molar-refractivity contribution in [2.75, 3.05) is 29.6 Å². The van der Waals surface area contributed by atoms with E-state index in [9.17, 15) is 0 Å². The molecule has 0 bridgehead atoms. The molecule has 0 unspecified atom stereocenters. The van der Waals surface area contributed by atoms with Crippen LogP contribution >= 0.6 is 80.1 Å². The number of halogens is 6. The van der Waals surface area contributed by atoms with Crippen LogP contribution in [0.2, 0.25) is 0 Å². The van der Waals surface area contributed by atoms with Crippen LogP contribution in [-0.2, 0) is 0 Å². The van der Waals surface area contributed by atoms with Gasteiger partial charge >= 0.3 is 114 Å². The first-order valence-corrected chi connectivity index (χ1v) is 49.1. The molecule has 0 rings (SSSR count). The summed E-state index contributed by atoms with van der Waals surface area (Å²) in [6.07, 6.45) is 0. The van der Waals surface area contributed by atoms with E-state index in [0.29, 0.717) is 16.8 Å². The summed E-state index contributed by atoms with van der Waals surface area (Å²) in [4.78, 5) is 16.2. The van der Waals surface area contributed by atoms with Crippen molar-refractivity contribution in [2.24, 2.45) is 0 Å². The first kappa shape index (κ1) is 17.2. The first-order chi connectivity index (χ1) is 5.91. The summed E-state index contributed by atoms with van der Waals surface area (Å²) >= 11 is -0.923. The molecule has 0 fully saturated rings. The van der Waals surface area contributed by atoms with Crippen molar-refractivity contribution >= 4 is 84.6 Å². The summed E-state index contributed by atoms with van der Waals surface area (Å²) in [6, 6.07) is 0. The van der Waals surface area contributed by atoms with Crippen LogP contribution in [0.3, 0.4) is 0 Å². The number of hydrogen-bond donors (Lipinski definition) is 0. The molecule has 0 spiro atoms. The molecule has 0 radical (unpaired) electrons. The Morgan fingerprint density at radius 2 is 1.23 bits per heavy atom. The van der Waals surface area contributed by atoms with Crippen LogP contribution in [0.15, 0.2) is 0 Å². The molecule has 13 heavy (non-hydrogen) atoms. The minimum absolute atomic E-state index is 0.258. The van der Waals surface area contributed by atoms with E-state index in [1.54, 1.807) is 0 Å². The van der Waals surface area contributed by atoms with Crippen molar-refractivity contribution in [2.45, 2.75) is 0 Å². The van der Waals surface area contributed by atoms with E-state index in [0.717, 1.165) is 0 Å². The molecule has 0 saturated heterocycles. The maximum atomic E-state index is 4.27. The number of alkyl halides is 6. The quantitative estimate of drug-likeness (QED) is 0.226. The molecule has 0 aromatic heterocycles. The fraction of sp³-hybridized carbons (Fsp3) is 0.857. The van der Waals surface area contributed by atoms with E-state index in [1.165, 1.54) is 0 Å². The molecule has 0 aromatic rings. The third kappa shape index (κ3) is 6.67. The molecule has 0 saturated carbocycles. The fourth-order valence-corrected chi connectivity index (χ4v) is 563. The van der Waals surface area contributed by atoms with E-state index in [-0.39, 0.29) is 63.3 Å². The Labute approximate surface area is 110 Å². The Bertz CT molecular complexity index is 159. The van der Waals surface area contributed by atoms with Crippen LogP contribution in [0.25, 0.3) is 0 Å². The van der Waals surface area contributed by atoms with Crippen molar-refractivity contribution in [1.29, 1.82) is 0 Å². The molecule has 0 aliphatic carbocycles. The van der Waals surface area contributed by atoms with E-state index < -0.39 is 0 Å². The first-order valence-electron chi connectivity index (χ1n) is 3.25. The van der Waals surface area contributed by atoms with Gasteiger partial charge < -0.3 is 0 Å². The summed E-state index contributed by atoms with van der Waals surface area (Å²) in [5, 5.41) is 0. The van der Waals surface area contributed by atoms with Crippen LogP contribution in [0.5, 0.6) is 0 Å². The van der Waals surface area contributed by atoms with Crippen molar-refractivity contribution < 1.29 is 0 Å². The third-order valence-corrected chi connectivity index (χ3v) is 303. The van der Waals surface area contributed by atoms with Crippen LogP contribution in [0.1, 0.15) is 0 Å². The van der Waals surface area contributed by atoms with Gasteiger partial charge in [-0.15, -0.1) is 0 Å². The zero-order valence-electron chi connectivity index (χ0n) is 8.97. The molecule has 0 atom stereocenters. The summed E-state index contributed by atoms with van der Waals surface area (Å²) in [5.41, 5.74) is 0. The van der Waals surface area contributed by atoms with Gasteiger partial charge in [0, 0.05) is 0 Å². The molecule has 0 nitrogen and oxygen atoms in total. The second kappa shape index (κ2) is 9.22. The molecule has 6 heteroatoms. The predicted octanol–water partition coefficient (Wildman–Crippen LogP) is 6.27. The Morgan fingerprint density at radius 1 is 0.769 bits per heavy atom. The monoisotopic (exact) mass is 866 g/mol. The zero-order valence-corrected chi connectivity index (χ0v) is 21.9. The average molecular weight is 866 g/mol. The van der Waals surface area contributed by atoms with Gasteiger partial charge in [0.15, 0.2) is 0 Å². The Kier molecular flexibility index (Phi) is 12.2. The maximum absolute atomic E-state index is 4.27. The molecule has 90 valence electrons. The van der Waals surface area contributed by atoms with Crippen LogP contribution in [0.4, 0.5) is 0 Å². The standard InChI is InChI=1S/C7H20I6/c1-8-10(4)12(6)13(7)11(5)9(2)3/h1H2,2-7H3. The Morgan fingerprint density at radius 3 is 1.54 bits per heavy atom. The SMILES string of the molecule is C=II(C)I(C)I(C)I(C)I(C)C. The van der Waals surface area contributed by atoms with Crippen molar-refractivity contribution in [3.8, 4) is 0 Å². The number of rotatable bonds is 5. The molecular weight excluding hydrogens is 846 g/mol. The van der Waals surface area contributed by atoms with E-state index in [4.69, 9.17) is 0 Å². The summed E-state index contributed by atoms with van der Waals surface area (Å²) in [5.74, 6) is 0. The van der Waals surface area contributed by atoms with Crippen LogP contribution in [-0.4, -0.2) is 34.1 Å². The van der Waals surface area contributed by atoms with Gasteiger partial charge in [-0.25, -0.2) is 0 Å². The summed E-state index contributed by atoms with van der Waals surface area (Å²) in [7, 11) is 0. The van der Waals surface area contributed by atoms with E-state index in [1.807, 2.05) is 0 Å². The van der Waals surface area contributed by atoms with Gasteiger partial charge in [-0.3, -0.25) is 0 Å². The van der Waals surface area contributed by atoms with Gasteiger partial charge in [-0.05, 0) is 0 Å².